The second-order valence-corrected chi connectivity index (χ2v) is 8.20. The Morgan fingerprint density at radius 1 is 0.545 bits per heavy atom. The average Bonchev–Trinajstić information content (AvgIpc) is 3.28. The van der Waals surface area contributed by atoms with Crippen molar-refractivity contribution in [2.75, 3.05) is 0 Å². The second-order valence-electron chi connectivity index (χ2n) is 8.20. The van der Waals surface area contributed by atoms with Gasteiger partial charge in [-0.1, -0.05) is 84.9 Å². The zero-order valence-corrected chi connectivity index (χ0v) is 17.9. The number of para-hydroxylation sites is 1. The van der Waals surface area contributed by atoms with E-state index in [0.29, 0.717) is 5.56 Å². The number of nitriles is 1. The van der Waals surface area contributed by atoms with E-state index in [2.05, 4.69) is 102 Å². The smallest absolute Gasteiger partial charge is 0.0991 e. The molecule has 0 aliphatic heterocycles. The van der Waals surface area contributed by atoms with E-state index in [-0.39, 0.29) is 0 Å². The molecule has 0 N–H and O–H groups in total. The summed E-state index contributed by atoms with van der Waals surface area (Å²) in [7, 11) is 0. The SMILES string of the molecule is N#Cc1ccc(-c2cc3ccccc3n2-c2cc(-c3ccccc3)cc3ccccc23)cc1. The first-order valence-corrected chi connectivity index (χ1v) is 11.0. The Bertz CT molecular complexity index is 1650. The topological polar surface area (TPSA) is 28.7 Å². The van der Waals surface area contributed by atoms with E-state index >= 15 is 0 Å². The highest BCUT2D eigenvalue weighted by Gasteiger charge is 2.16. The van der Waals surface area contributed by atoms with E-state index in [1.165, 1.54) is 27.3 Å². The fourth-order valence-corrected chi connectivity index (χ4v) is 4.61. The van der Waals surface area contributed by atoms with E-state index in [4.69, 9.17) is 0 Å². The molecule has 5 aromatic carbocycles. The first-order chi connectivity index (χ1) is 16.3. The summed E-state index contributed by atoms with van der Waals surface area (Å²) in [6, 6.07) is 44.4. The molecule has 33 heavy (non-hydrogen) atoms. The molecule has 1 aromatic heterocycles. The van der Waals surface area contributed by atoms with Crippen molar-refractivity contribution in [2.24, 2.45) is 0 Å². The van der Waals surface area contributed by atoms with Gasteiger partial charge in [-0.05, 0) is 58.5 Å². The molecule has 0 saturated carbocycles. The van der Waals surface area contributed by atoms with Crippen LogP contribution in [0, 0.1) is 11.3 Å². The van der Waals surface area contributed by atoms with Gasteiger partial charge in [0, 0.05) is 10.8 Å². The van der Waals surface area contributed by atoms with Crippen LogP contribution in [-0.4, -0.2) is 4.57 Å². The van der Waals surface area contributed by atoms with Crippen LogP contribution in [0.15, 0.2) is 121 Å². The Morgan fingerprint density at radius 3 is 2.03 bits per heavy atom. The maximum Gasteiger partial charge on any atom is 0.0991 e. The number of nitrogens with zero attached hydrogens (tertiary/aromatic N) is 2. The lowest BCUT2D eigenvalue weighted by Crippen LogP contribution is -1.99. The molecule has 2 nitrogen and oxygen atoms in total. The van der Waals surface area contributed by atoms with Crippen molar-refractivity contribution < 1.29 is 0 Å². The van der Waals surface area contributed by atoms with E-state index in [9.17, 15) is 5.26 Å². The second kappa shape index (κ2) is 7.82. The van der Waals surface area contributed by atoms with Gasteiger partial charge in [0.1, 0.15) is 0 Å². The average molecular weight is 421 g/mol. The number of aromatic nitrogens is 1. The third-order valence-corrected chi connectivity index (χ3v) is 6.21. The van der Waals surface area contributed by atoms with Gasteiger partial charge >= 0.3 is 0 Å². The minimum absolute atomic E-state index is 0.665. The predicted octanol–water partition coefficient (Wildman–Crippen LogP) is 7.99. The molecule has 0 atom stereocenters. The molecule has 1 heterocycles. The summed E-state index contributed by atoms with van der Waals surface area (Å²) in [6.45, 7) is 0. The van der Waals surface area contributed by atoms with Crippen LogP contribution in [0.3, 0.4) is 0 Å². The van der Waals surface area contributed by atoms with Crippen molar-refractivity contribution >= 4 is 21.7 Å². The van der Waals surface area contributed by atoms with Crippen LogP contribution in [-0.2, 0) is 0 Å². The normalized spacial score (nSPS) is 11.0. The molecule has 0 fully saturated rings. The summed E-state index contributed by atoms with van der Waals surface area (Å²) < 4.78 is 2.35. The summed E-state index contributed by atoms with van der Waals surface area (Å²) in [5.74, 6) is 0. The molecule has 154 valence electrons. The lowest BCUT2D eigenvalue weighted by atomic mass is 9.99. The Balaban J connectivity index is 1.70. The van der Waals surface area contributed by atoms with Crippen molar-refractivity contribution in [3.05, 3.63) is 127 Å². The minimum atomic E-state index is 0.665. The summed E-state index contributed by atoms with van der Waals surface area (Å²) in [5, 5.41) is 12.8. The van der Waals surface area contributed by atoms with Gasteiger partial charge in [0.05, 0.1) is 28.5 Å². The van der Waals surface area contributed by atoms with Crippen molar-refractivity contribution in [1.29, 1.82) is 5.26 Å². The largest absolute Gasteiger partial charge is 0.309 e. The van der Waals surface area contributed by atoms with Crippen molar-refractivity contribution in [3.63, 3.8) is 0 Å². The standard InChI is InChI=1S/C31H20N2/c32-21-22-14-16-24(17-15-22)30-19-26-11-5-7-13-29(26)33(30)31-20-27(23-8-2-1-3-9-23)18-25-10-4-6-12-28(25)31/h1-20H. The highest BCUT2D eigenvalue weighted by Crippen LogP contribution is 2.37. The van der Waals surface area contributed by atoms with Crippen LogP contribution in [0.25, 0.3) is 49.7 Å². The van der Waals surface area contributed by atoms with Gasteiger partial charge in [0.25, 0.3) is 0 Å². The lowest BCUT2D eigenvalue weighted by molar-refractivity contribution is 1.15. The fourth-order valence-electron chi connectivity index (χ4n) is 4.61. The minimum Gasteiger partial charge on any atom is -0.309 e. The summed E-state index contributed by atoms with van der Waals surface area (Å²) in [6.07, 6.45) is 0. The van der Waals surface area contributed by atoms with Crippen LogP contribution in [0.1, 0.15) is 5.56 Å². The summed E-state index contributed by atoms with van der Waals surface area (Å²) in [4.78, 5) is 0. The molecule has 0 bridgehead atoms. The molecule has 6 aromatic rings. The van der Waals surface area contributed by atoms with E-state index in [1.807, 2.05) is 30.3 Å². The zero-order valence-electron chi connectivity index (χ0n) is 17.9. The van der Waals surface area contributed by atoms with Crippen molar-refractivity contribution in [1.82, 2.24) is 4.57 Å². The third-order valence-electron chi connectivity index (χ3n) is 6.21. The van der Waals surface area contributed by atoms with Crippen LogP contribution < -0.4 is 0 Å². The molecule has 0 unspecified atom stereocenters. The fraction of sp³-hybridized carbons (Fsp3) is 0. The van der Waals surface area contributed by atoms with Crippen LogP contribution >= 0.6 is 0 Å². The number of hydrogen-bond acceptors (Lipinski definition) is 1. The number of fused-ring (bicyclic) bond motifs is 2. The van der Waals surface area contributed by atoms with Gasteiger partial charge in [0.15, 0.2) is 0 Å². The molecule has 0 aliphatic rings. The number of hydrogen-bond donors (Lipinski definition) is 0. The highest BCUT2D eigenvalue weighted by atomic mass is 15.0. The Labute approximate surface area is 192 Å². The molecular weight excluding hydrogens is 400 g/mol. The van der Waals surface area contributed by atoms with Gasteiger partial charge in [-0.25, -0.2) is 0 Å². The van der Waals surface area contributed by atoms with E-state index in [1.54, 1.807) is 0 Å². The Hall–Kier alpha value is -4.61. The Morgan fingerprint density at radius 2 is 1.24 bits per heavy atom. The maximum absolute atomic E-state index is 9.25. The van der Waals surface area contributed by atoms with Crippen LogP contribution in [0.2, 0.25) is 0 Å². The molecule has 0 aliphatic carbocycles. The monoisotopic (exact) mass is 420 g/mol. The van der Waals surface area contributed by atoms with E-state index < -0.39 is 0 Å². The molecule has 0 amide bonds. The first-order valence-electron chi connectivity index (χ1n) is 11.0. The van der Waals surface area contributed by atoms with Gasteiger partial charge in [-0.2, -0.15) is 5.26 Å². The van der Waals surface area contributed by atoms with Crippen LogP contribution in [0.5, 0.6) is 0 Å². The lowest BCUT2D eigenvalue weighted by Gasteiger charge is -2.16. The molecule has 0 saturated heterocycles. The van der Waals surface area contributed by atoms with Crippen LogP contribution in [0.4, 0.5) is 0 Å². The van der Waals surface area contributed by atoms with Gasteiger partial charge < -0.3 is 4.57 Å². The Kier molecular flexibility index (Phi) is 4.53. The highest BCUT2D eigenvalue weighted by molar-refractivity contribution is 5.98. The zero-order chi connectivity index (χ0) is 22.2. The molecule has 6 rings (SSSR count). The quantitative estimate of drug-likeness (QED) is 0.285. The predicted molar refractivity (Wildman–Crippen MR) is 136 cm³/mol. The summed E-state index contributed by atoms with van der Waals surface area (Å²) >= 11 is 0. The van der Waals surface area contributed by atoms with Gasteiger partial charge in [0.2, 0.25) is 0 Å². The maximum atomic E-state index is 9.25. The molecular formula is C31H20N2. The van der Waals surface area contributed by atoms with Gasteiger partial charge in [-0.3, -0.25) is 0 Å². The summed E-state index contributed by atoms with van der Waals surface area (Å²) in [5.41, 5.74) is 7.54. The van der Waals surface area contributed by atoms with Crippen molar-refractivity contribution in [3.8, 4) is 34.1 Å². The van der Waals surface area contributed by atoms with E-state index in [0.717, 1.165) is 22.5 Å². The first kappa shape index (κ1) is 19.1. The number of rotatable bonds is 3. The van der Waals surface area contributed by atoms with Gasteiger partial charge in [-0.15, -0.1) is 0 Å². The molecule has 2 heteroatoms. The molecule has 0 spiro atoms. The molecule has 0 radical (unpaired) electrons. The number of benzene rings is 5. The van der Waals surface area contributed by atoms with Crippen molar-refractivity contribution in [2.45, 2.75) is 0 Å². The third kappa shape index (κ3) is 3.28.